The van der Waals surface area contributed by atoms with E-state index < -0.39 is 0 Å². The average molecular weight is 382 g/mol. The van der Waals surface area contributed by atoms with E-state index >= 15 is 0 Å². The minimum Gasteiger partial charge on any atom is -0.342 e. The number of pyridine rings is 1. The molecule has 0 spiro atoms. The van der Waals surface area contributed by atoms with Gasteiger partial charge in [-0.15, -0.1) is 0 Å². The number of aromatic nitrogens is 1. The molecule has 7 nitrogen and oxygen atoms in total. The highest BCUT2D eigenvalue weighted by Gasteiger charge is 2.41. The lowest BCUT2D eigenvalue weighted by molar-refractivity contribution is -0.128. The Hall–Kier alpha value is -2.83. The molecule has 2 aliphatic rings. The molecule has 3 atom stereocenters. The summed E-state index contributed by atoms with van der Waals surface area (Å²) < 4.78 is 0. The quantitative estimate of drug-likeness (QED) is 0.758. The van der Waals surface area contributed by atoms with Crippen LogP contribution in [0.5, 0.6) is 0 Å². The topological polar surface area (TPSA) is 94.3 Å². The van der Waals surface area contributed by atoms with Gasteiger partial charge in [0.2, 0.25) is 5.91 Å². The number of carbonyl (C=O) groups is 2. The normalized spacial score (nSPS) is 24.0. The molecule has 3 amide bonds. The maximum Gasteiger partial charge on any atom is 0.315 e. The first-order valence-electron chi connectivity index (χ1n) is 9.92. The van der Waals surface area contributed by atoms with Gasteiger partial charge in [-0.25, -0.2) is 4.79 Å². The second kappa shape index (κ2) is 7.66. The number of para-hydroxylation sites is 1. The Morgan fingerprint density at radius 3 is 2.86 bits per heavy atom. The molecule has 7 heteroatoms. The summed E-state index contributed by atoms with van der Waals surface area (Å²) in [6, 6.07) is 9.18. The molecule has 4 rings (SSSR count). The van der Waals surface area contributed by atoms with Gasteiger partial charge in [-0.3, -0.25) is 9.59 Å². The molecule has 1 aliphatic carbocycles. The molecule has 2 aromatic rings. The first-order valence-corrected chi connectivity index (χ1v) is 9.92. The molecule has 1 saturated heterocycles. The van der Waals surface area contributed by atoms with E-state index in [1.54, 1.807) is 6.92 Å². The smallest absolute Gasteiger partial charge is 0.315 e. The first kappa shape index (κ1) is 18.5. The van der Waals surface area contributed by atoms with Gasteiger partial charge in [0.15, 0.2) is 0 Å². The molecule has 148 valence electrons. The standard InChI is InChI=1S/C21H26N4O3/c1-13(26)25-11-15-6-4-8-19(17(15)12-25)24-21(28)22-10-16-9-14-5-2-3-7-18(14)23-20(16)27/h2-3,5,7,9,15,17,19H,4,6,8,10-12H2,1H3,(H,23,27)(H2,22,24,28). The van der Waals surface area contributed by atoms with E-state index in [1.807, 2.05) is 35.2 Å². The minimum atomic E-state index is -0.264. The van der Waals surface area contributed by atoms with Gasteiger partial charge in [0.25, 0.3) is 5.56 Å². The van der Waals surface area contributed by atoms with E-state index in [9.17, 15) is 14.4 Å². The zero-order valence-electron chi connectivity index (χ0n) is 16.0. The fourth-order valence-electron chi connectivity index (χ4n) is 4.63. The second-order valence-corrected chi connectivity index (χ2v) is 7.92. The van der Waals surface area contributed by atoms with Gasteiger partial charge in [0.05, 0.1) is 0 Å². The molecule has 1 saturated carbocycles. The van der Waals surface area contributed by atoms with Crippen molar-refractivity contribution in [3.05, 3.63) is 46.2 Å². The van der Waals surface area contributed by atoms with Crippen LogP contribution in [-0.2, 0) is 11.3 Å². The third kappa shape index (κ3) is 3.74. The molecule has 1 aromatic heterocycles. The maximum atomic E-state index is 12.4. The number of hydrogen-bond donors (Lipinski definition) is 3. The zero-order chi connectivity index (χ0) is 19.7. The Bertz CT molecular complexity index is 954. The molecule has 28 heavy (non-hydrogen) atoms. The summed E-state index contributed by atoms with van der Waals surface area (Å²) in [6.07, 6.45) is 3.10. The third-order valence-corrected chi connectivity index (χ3v) is 6.13. The summed E-state index contributed by atoms with van der Waals surface area (Å²) in [5.74, 6) is 0.881. The number of aromatic amines is 1. The Kier molecular flexibility index (Phi) is 5.07. The van der Waals surface area contributed by atoms with Crippen LogP contribution in [-0.4, -0.2) is 41.0 Å². The monoisotopic (exact) mass is 382 g/mol. The number of carbonyl (C=O) groups excluding carboxylic acids is 2. The van der Waals surface area contributed by atoms with Crippen molar-refractivity contribution in [3.63, 3.8) is 0 Å². The molecule has 1 aliphatic heterocycles. The summed E-state index contributed by atoms with van der Waals surface area (Å²) in [6.45, 7) is 3.29. The van der Waals surface area contributed by atoms with E-state index in [4.69, 9.17) is 0 Å². The van der Waals surface area contributed by atoms with Gasteiger partial charge in [0.1, 0.15) is 0 Å². The number of urea groups is 1. The van der Waals surface area contributed by atoms with Crippen LogP contribution in [0.25, 0.3) is 10.9 Å². The van der Waals surface area contributed by atoms with E-state index in [2.05, 4.69) is 15.6 Å². The molecular weight excluding hydrogens is 356 g/mol. The summed E-state index contributed by atoms with van der Waals surface area (Å²) in [4.78, 5) is 41.1. The number of H-pyrrole nitrogens is 1. The molecule has 0 radical (unpaired) electrons. The van der Waals surface area contributed by atoms with Crippen molar-refractivity contribution >= 4 is 22.8 Å². The molecule has 1 aromatic carbocycles. The van der Waals surface area contributed by atoms with Crippen LogP contribution in [0, 0.1) is 11.8 Å². The predicted molar refractivity (Wildman–Crippen MR) is 107 cm³/mol. The largest absolute Gasteiger partial charge is 0.342 e. The van der Waals surface area contributed by atoms with Crippen molar-refractivity contribution in [1.82, 2.24) is 20.5 Å². The number of hydrogen-bond acceptors (Lipinski definition) is 3. The highest BCUT2D eigenvalue weighted by Crippen LogP contribution is 2.36. The van der Waals surface area contributed by atoms with E-state index in [-0.39, 0.29) is 30.1 Å². The fourth-order valence-corrected chi connectivity index (χ4v) is 4.63. The molecule has 2 fully saturated rings. The Morgan fingerprint density at radius 2 is 2.04 bits per heavy atom. The van der Waals surface area contributed by atoms with E-state index in [1.165, 1.54) is 0 Å². The van der Waals surface area contributed by atoms with Crippen LogP contribution in [0.3, 0.4) is 0 Å². The lowest BCUT2D eigenvalue weighted by Crippen LogP contribution is -2.49. The number of benzene rings is 1. The Morgan fingerprint density at radius 1 is 1.21 bits per heavy atom. The van der Waals surface area contributed by atoms with Crippen LogP contribution in [0.2, 0.25) is 0 Å². The van der Waals surface area contributed by atoms with Crippen molar-refractivity contribution in [2.45, 2.75) is 38.8 Å². The third-order valence-electron chi connectivity index (χ3n) is 6.13. The van der Waals surface area contributed by atoms with Crippen LogP contribution < -0.4 is 16.2 Å². The average Bonchev–Trinajstić information content (AvgIpc) is 3.12. The number of nitrogens with zero attached hydrogens (tertiary/aromatic N) is 1. The highest BCUT2D eigenvalue weighted by molar-refractivity contribution is 5.79. The van der Waals surface area contributed by atoms with E-state index in [0.29, 0.717) is 17.4 Å². The molecule has 3 unspecified atom stereocenters. The van der Waals surface area contributed by atoms with Gasteiger partial charge in [0, 0.05) is 49.6 Å². The summed E-state index contributed by atoms with van der Waals surface area (Å²) in [5, 5.41) is 6.83. The van der Waals surface area contributed by atoms with Gasteiger partial charge in [-0.2, -0.15) is 0 Å². The fraction of sp³-hybridized carbons (Fsp3) is 0.476. The van der Waals surface area contributed by atoms with Crippen molar-refractivity contribution in [1.29, 1.82) is 0 Å². The van der Waals surface area contributed by atoms with Crippen molar-refractivity contribution in [2.75, 3.05) is 13.1 Å². The van der Waals surface area contributed by atoms with Gasteiger partial charge >= 0.3 is 6.03 Å². The van der Waals surface area contributed by atoms with Crippen molar-refractivity contribution in [2.24, 2.45) is 11.8 Å². The number of nitrogens with one attached hydrogen (secondary N) is 3. The van der Waals surface area contributed by atoms with Crippen LogP contribution in [0.4, 0.5) is 4.79 Å². The number of rotatable bonds is 3. The summed E-state index contributed by atoms with van der Waals surface area (Å²) in [7, 11) is 0. The summed E-state index contributed by atoms with van der Waals surface area (Å²) in [5.41, 5.74) is 1.12. The highest BCUT2D eigenvalue weighted by atomic mass is 16.2. The SMILES string of the molecule is CC(=O)N1CC2CCCC(NC(=O)NCc3cc4ccccc4[nH]c3=O)C2C1. The van der Waals surface area contributed by atoms with Crippen LogP contribution in [0.1, 0.15) is 31.7 Å². The number of fused-ring (bicyclic) bond motifs is 2. The minimum absolute atomic E-state index is 0.0676. The molecule has 2 heterocycles. The Labute approximate surface area is 163 Å². The van der Waals surface area contributed by atoms with Gasteiger partial charge in [-0.05, 0) is 36.3 Å². The first-order chi connectivity index (χ1) is 13.5. The van der Waals surface area contributed by atoms with Crippen LogP contribution >= 0.6 is 0 Å². The zero-order valence-corrected chi connectivity index (χ0v) is 16.0. The molecule has 3 N–H and O–H groups in total. The van der Waals surface area contributed by atoms with E-state index in [0.717, 1.165) is 43.3 Å². The number of amides is 3. The lowest BCUT2D eigenvalue weighted by atomic mass is 9.78. The predicted octanol–water partition coefficient (Wildman–Crippen LogP) is 1.97. The van der Waals surface area contributed by atoms with Gasteiger partial charge < -0.3 is 20.5 Å². The molecular formula is C21H26N4O3. The van der Waals surface area contributed by atoms with Crippen LogP contribution in [0.15, 0.2) is 35.1 Å². The van der Waals surface area contributed by atoms with Gasteiger partial charge in [-0.1, -0.05) is 24.6 Å². The van der Waals surface area contributed by atoms with Crippen molar-refractivity contribution in [3.8, 4) is 0 Å². The Balaban J connectivity index is 1.37. The summed E-state index contributed by atoms with van der Waals surface area (Å²) >= 11 is 0. The maximum absolute atomic E-state index is 12.4. The number of likely N-dealkylation sites (tertiary alicyclic amines) is 1. The second-order valence-electron chi connectivity index (χ2n) is 7.92. The van der Waals surface area contributed by atoms with Crippen molar-refractivity contribution < 1.29 is 9.59 Å². The molecule has 0 bridgehead atoms. The lowest BCUT2D eigenvalue weighted by Gasteiger charge is -2.33.